The minimum atomic E-state index is -0.109. The molecule has 0 aliphatic heterocycles. The molecule has 0 atom stereocenters. The van der Waals surface area contributed by atoms with Gasteiger partial charge in [-0.15, -0.1) is 0 Å². The molecule has 0 saturated carbocycles. The number of pyridine rings is 1. The van der Waals surface area contributed by atoms with Crippen LogP contribution in [0.5, 0.6) is 0 Å². The smallest absolute Gasteiger partial charge is 0.330 e. The lowest BCUT2D eigenvalue weighted by Gasteiger charge is -2.07. The molecule has 1 N–H and O–H groups in total. The van der Waals surface area contributed by atoms with E-state index in [0.717, 1.165) is 11.1 Å². The SMILES string of the molecule is Cc1ccc(Cn2c(=O)n(CCNC(=O)CC(C)C)c3ncccc32)cc1. The number of nitrogens with one attached hydrogen (secondary N) is 1. The Labute approximate surface area is 158 Å². The van der Waals surface area contributed by atoms with Crippen LogP contribution >= 0.6 is 0 Å². The third-order valence-corrected chi connectivity index (χ3v) is 4.49. The van der Waals surface area contributed by atoms with E-state index in [1.807, 2.05) is 57.2 Å². The highest BCUT2D eigenvalue weighted by Gasteiger charge is 2.14. The minimum Gasteiger partial charge on any atom is -0.354 e. The van der Waals surface area contributed by atoms with E-state index in [4.69, 9.17) is 0 Å². The number of aromatic nitrogens is 3. The lowest BCUT2D eigenvalue weighted by Crippen LogP contribution is -2.32. The van der Waals surface area contributed by atoms with Gasteiger partial charge in [-0.25, -0.2) is 9.78 Å². The van der Waals surface area contributed by atoms with Gasteiger partial charge in [0.2, 0.25) is 5.91 Å². The molecule has 0 radical (unpaired) electrons. The van der Waals surface area contributed by atoms with Crippen LogP contribution in [0, 0.1) is 12.8 Å². The summed E-state index contributed by atoms with van der Waals surface area (Å²) >= 11 is 0. The molecule has 1 aromatic carbocycles. The van der Waals surface area contributed by atoms with Crippen molar-refractivity contribution < 1.29 is 4.79 Å². The van der Waals surface area contributed by atoms with E-state index in [2.05, 4.69) is 10.3 Å². The molecule has 6 heteroatoms. The van der Waals surface area contributed by atoms with Gasteiger partial charge < -0.3 is 5.32 Å². The second kappa shape index (κ2) is 8.20. The van der Waals surface area contributed by atoms with Gasteiger partial charge in [-0.2, -0.15) is 0 Å². The van der Waals surface area contributed by atoms with Crippen LogP contribution in [0.4, 0.5) is 0 Å². The van der Waals surface area contributed by atoms with Crippen molar-refractivity contribution in [1.29, 1.82) is 0 Å². The molecule has 0 aliphatic carbocycles. The highest BCUT2D eigenvalue weighted by molar-refractivity contribution is 5.76. The summed E-state index contributed by atoms with van der Waals surface area (Å²) in [5.41, 5.74) is 3.59. The summed E-state index contributed by atoms with van der Waals surface area (Å²) in [6, 6.07) is 11.9. The summed E-state index contributed by atoms with van der Waals surface area (Å²) in [7, 11) is 0. The number of hydrogen-bond donors (Lipinski definition) is 1. The number of carbonyl (C=O) groups is 1. The standard InChI is InChI=1S/C21H26N4O2/c1-15(2)13-19(26)22-11-12-24-20-18(5-4-10-23-20)25(21(24)27)14-17-8-6-16(3)7-9-17/h4-10,15H,11-14H2,1-3H3,(H,22,26). The fraction of sp³-hybridized carbons (Fsp3) is 0.381. The molecule has 0 aliphatic rings. The Balaban J connectivity index is 1.83. The third-order valence-electron chi connectivity index (χ3n) is 4.49. The highest BCUT2D eigenvalue weighted by atomic mass is 16.2. The van der Waals surface area contributed by atoms with Gasteiger partial charge in [-0.3, -0.25) is 13.9 Å². The van der Waals surface area contributed by atoms with Gasteiger partial charge in [0.25, 0.3) is 0 Å². The van der Waals surface area contributed by atoms with Crippen LogP contribution in [0.1, 0.15) is 31.4 Å². The second-order valence-electron chi connectivity index (χ2n) is 7.30. The Kier molecular flexibility index (Phi) is 5.74. The minimum absolute atomic E-state index is 0.00871. The Hall–Kier alpha value is -2.89. The molecule has 0 spiro atoms. The van der Waals surface area contributed by atoms with Crippen molar-refractivity contribution in [1.82, 2.24) is 19.4 Å². The van der Waals surface area contributed by atoms with Crippen LogP contribution in [-0.4, -0.2) is 26.6 Å². The zero-order valence-electron chi connectivity index (χ0n) is 16.1. The quantitative estimate of drug-likeness (QED) is 0.699. The lowest BCUT2D eigenvalue weighted by molar-refractivity contribution is -0.121. The number of benzene rings is 1. The lowest BCUT2D eigenvalue weighted by atomic mass is 10.1. The molecule has 0 bridgehead atoms. The predicted molar refractivity (Wildman–Crippen MR) is 107 cm³/mol. The molecule has 0 saturated heterocycles. The van der Waals surface area contributed by atoms with E-state index in [9.17, 15) is 9.59 Å². The number of aryl methyl sites for hydroxylation is 1. The molecule has 1 amide bonds. The van der Waals surface area contributed by atoms with Gasteiger partial charge >= 0.3 is 5.69 Å². The second-order valence-corrected chi connectivity index (χ2v) is 7.30. The van der Waals surface area contributed by atoms with Crippen molar-refractivity contribution in [3.63, 3.8) is 0 Å². The third kappa shape index (κ3) is 4.45. The van der Waals surface area contributed by atoms with E-state index in [1.165, 1.54) is 5.56 Å². The Morgan fingerprint density at radius 3 is 2.59 bits per heavy atom. The van der Waals surface area contributed by atoms with E-state index in [0.29, 0.717) is 37.6 Å². The molecule has 6 nitrogen and oxygen atoms in total. The maximum absolute atomic E-state index is 13.0. The number of fused-ring (bicyclic) bond motifs is 1. The Morgan fingerprint density at radius 1 is 1.15 bits per heavy atom. The van der Waals surface area contributed by atoms with Crippen LogP contribution < -0.4 is 11.0 Å². The molecule has 2 aromatic heterocycles. The van der Waals surface area contributed by atoms with E-state index >= 15 is 0 Å². The molecule has 3 rings (SSSR count). The van der Waals surface area contributed by atoms with Crippen molar-refractivity contribution in [3.8, 4) is 0 Å². The Morgan fingerprint density at radius 2 is 1.89 bits per heavy atom. The summed E-state index contributed by atoms with van der Waals surface area (Å²) in [4.78, 5) is 29.2. The summed E-state index contributed by atoms with van der Waals surface area (Å²) in [5, 5.41) is 2.88. The predicted octanol–water partition coefficient (Wildman–Crippen LogP) is 2.72. The van der Waals surface area contributed by atoms with Gasteiger partial charge in [0, 0.05) is 25.7 Å². The highest BCUT2D eigenvalue weighted by Crippen LogP contribution is 2.13. The van der Waals surface area contributed by atoms with Gasteiger partial charge in [0.05, 0.1) is 12.1 Å². The fourth-order valence-corrected chi connectivity index (χ4v) is 3.13. The monoisotopic (exact) mass is 366 g/mol. The summed E-state index contributed by atoms with van der Waals surface area (Å²) in [6.45, 7) is 7.36. The molecule has 142 valence electrons. The van der Waals surface area contributed by atoms with Gasteiger partial charge in [0.1, 0.15) is 0 Å². The first-order valence-electron chi connectivity index (χ1n) is 9.32. The average molecular weight is 366 g/mol. The van der Waals surface area contributed by atoms with Crippen LogP contribution in [-0.2, 0) is 17.9 Å². The largest absolute Gasteiger partial charge is 0.354 e. The van der Waals surface area contributed by atoms with Crippen LogP contribution in [0.15, 0.2) is 47.4 Å². The van der Waals surface area contributed by atoms with Crippen LogP contribution in [0.2, 0.25) is 0 Å². The number of imidazole rings is 1. The van der Waals surface area contributed by atoms with Crippen molar-refractivity contribution in [2.24, 2.45) is 5.92 Å². The normalized spacial score (nSPS) is 11.3. The van der Waals surface area contributed by atoms with Crippen LogP contribution in [0.3, 0.4) is 0 Å². The van der Waals surface area contributed by atoms with Crippen molar-refractivity contribution in [2.45, 2.75) is 40.3 Å². The van der Waals surface area contributed by atoms with E-state index in [1.54, 1.807) is 15.3 Å². The molecule has 0 fully saturated rings. The van der Waals surface area contributed by atoms with Gasteiger partial charge in [-0.05, 0) is 30.5 Å². The van der Waals surface area contributed by atoms with E-state index < -0.39 is 0 Å². The topological polar surface area (TPSA) is 68.9 Å². The van der Waals surface area contributed by atoms with Crippen molar-refractivity contribution in [2.75, 3.05) is 6.54 Å². The van der Waals surface area contributed by atoms with Gasteiger partial charge in [-0.1, -0.05) is 43.7 Å². The molecular weight excluding hydrogens is 340 g/mol. The van der Waals surface area contributed by atoms with E-state index in [-0.39, 0.29) is 11.6 Å². The van der Waals surface area contributed by atoms with Gasteiger partial charge in [0.15, 0.2) is 5.65 Å². The summed E-state index contributed by atoms with van der Waals surface area (Å²) in [5.74, 6) is 0.320. The summed E-state index contributed by atoms with van der Waals surface area (Å²) < 4.78 is 3.38. The first-order chi connectivity index (χ1) is 13.0. The summed E-state index contributed by atoms with van der Waals surface area (Å²) in [6.07, 6.45) is 2.17. The molecule has 0 unspecified atom stereocenters. The van der Waals surface area contributed by atoms with Crippen molar-refractivity contribution >= 4 is 17.1 Å². The molecular formula is C21H26N4O2. The molecule has 3 aromatic rings. The maximum atomic E-state index is 13.0. The fourth-order valence-electron chi connectivity index (χ4n) is 3.13. The molecule has 27 heavy (non-hydrogen) atoms. The number of hydrogen-bond acceptors (Lipinski definition) is 3. The zero-order chi connectivity index (χ0) is 19.4. The number of amides is 1. The van der Waals surface area contributed by atoms with Crippen molar-refractivity contribution in [3.05, 3.63) is 64.2 Å². The first-order valence-corrected chi connectivity index (χ1v) is 9.32. The number of nitrogens with zero attached hydrogens (tertiary/aromatic N) is 3. The first kappa shape index (κ1) is 18.9. The zero-order valence-corrected chi connectivity index (χ0v) is 16.1. The van der Waals surface area contributed by atoms with Crippen LogP contribution in [0.25, 0.3) is 11.2 Å². The maximum Gasteiger partial charge on any atom is 0.330 e. The molecule has 2 heterocycles. The Bertz CT molecular complexity index is 984. The average Bonchev–Trinajstić information content (AvgIpc) is 2.89. The number of rotatable bonds is 7. The number of carbonyl (C=O) groups excluding carboxylic acids is 1.